The van der Waals surface area contributed by atoms with Crippen molar-refractivity contribution in [2.75, 3.05) is 12.3 Å². The number of furan rings is 1. The van der Waals surface area contributed by atoms with Crippen LogP contribution < -0.4 is 5.32 Å². The molecule has 0 aliphatic rings. The van der Waals surface area contributed by atoms with E-state index in [1.165, 1.54) is 6.26 Å². The molecule has 2 heterocycles. The van der Waals surface area contributed by atoms with Crippen LogP contribution in [0.25, 0.3) is 17.3 Å². The van der Waals surface area contributed by atoms with Crippen molar-refractivity contribution in [3.63, 3.8) is 0 Å². The van der Waals surface area contributed by atoms with Crippen LogP contribution in [0.3, 0.4) is 0 Å². The smallest absolute Gasteiger partial charge is 0.405 e. The first kappa shape index (κ1) is 18.1. The molecule has 0 spiro atoms. The fraction of sp³-hybridized carbons (Fsp3) is 0.188. The summed E-state index contributed by atoms with van der Waals surface area (Å²) in [6, 6.07) is 12.6. The van der Waals surface area contributed by atoms with Crippen LogP contribution in [0.15, 0.2) is 58.3 Å². The van der Waals surface area contributed by atoms with E-state index in [0.29, 0.717) is 16.7 Å². The van der Waals surface area contributed by atoms with Gasteiger partial charge >= 0.3 is 6.18 Å². The minimum Gasteiger partial charge on any atom is -0.461 e. The standard InChI is InChI=1S/C16H13F3N4O2S/c17-16(18,19)10-20-13(24)9-26-15-22-21-14(12-7-4-8-25-12)23(15)11-5-2-1-3-6-11/h1-8H,9-10H2,(H,20,24). The summed E-state index contributed by atoms with van der Waals surface area (Å²) in [7, 11) is 0. The summed E-state index contributed by atoms with van der Waals surface area (Å²) >= 11 is 0.987. The second-order valence-corrected chi connectivity index (χ2v) is 6.08. The van der Waals surface area contributed by atoms with E-state index in [1.54, 1.807) is 16.7 Å². The van der Waals surface area contributed by atoms with Gasteiger partial charge in [0.25, 0.3) is 0 Å². The number of nitrogens with one attached hydrogen (secondary N) is 1. The van der Waals surface area contributed by atoms with Crippen molar-refractivity contribution in [1.29, 1.82) is 0 Å². The van der Waals surface area contributed by atoms with Gasteiger partial charge in [-0.3, -0.25) is 9.36 Å². The molecule has 1 aromatic carbocycles. The summed E-state index contributed by atoms with van der Waals surface area (Å²) in [6.45, 7) is -1.37. The van der Waals surface area contributed by atoms with Gasteiger partial charge in [0.05, 0.1) is 12.0 Å². The predicted octanol–water partition coefficient (Wildman–Crippen LogP) is 3.30. The number of rotatable bonds is 6. The van der Waals surface area contributed by atoms with Crippen LogP contribution in [0.5, 0.6) is 0 Å². The maximum Gasteiger partial charge on any atom is 0.405 e. The van der Waals surface area contributed by atoms with Crippen molar-refractivity contribution in [3.05, 3.63) is 48.7 Å². The van der Waals surface area contributed by atoms with Crippen LogP contribution >= 0.6 is 11.8 Å². The normalized spacial score (nSPS) is 11.5. The summed E-state index contributed by atoms with van der Waals surface area (Å²) in [5, 5.41) is 10.3. The Labute approximate surface area is 150 Å². The number of hydrogen-bond donors (Lipinski definition) is 1. The van der Waals surface area contributed by atoms with Crippen LogP contribution in [0.1, 0.15) is 0 Å². The topological polar surface area (TPSA) is 73.0 Å². The molecular weight excluding hydrogens is 369 g/mol. The molecule has 0 fully saturated rings. The molecule has 0 bridgehead atoms. The molecule has 0 radical (unpaired) electrons. The van der Waals surface area contributed by atoms with Crippen molar-refractivity contribution >= 4 is 17.7 Å². The number of alkyl halides is 3. The maximum absolute atomic E-state index is 12.2. The third-order valence-electron chi connectivity index (χ3n) is 3.21. The Balaban J connectivity index is 1.81. The Bertz CT molecular complexity index is 864. The van der Waals surface area contributed by atoms with Crippen LogP contribution in [0.2, 0.25) is 0 Å². The number of benzene rings is 1. The van der Waals surface area contributed by atoms with Gasteiger partial charge in [-0.1, -0.05) is 30.0 Å². The molecule has 1 N–H and O–H groups in total. The third kappa shape index (κ3) is 4.45. The summed E-state index contributed by atoms with van der Waals surface area (Å²) in [5.41, 5.74) is 0.738. The molecule has 3 aromatic rings. The van der Waals surface area contributed by atoms with Crippen molar-refractivity contribution < 1.29 is 22.4 Å². The van der Waals surface area contributed by atoms with Crippen LogP contribution in [-0.2, 0) is 4.79 Å². The molecule has 0 aliphatic carbocycles. The predicted molar refractivity (Wildman–Crippen MR) is 88.8 cm³/mol. The van der Waals surface area contributed by atoms with E-state index in [1.807, 2.05) is 35.6 Å². The first-order valence-corrected chi connectivity index (χ1v) is 8.43. The highest BCUT2D eigenvalue weighted by atomic mass is 32.2. The lowest BCUT2D eigenvalue weighted by molar-refractivity contribution is -0.136. The monoisotopic (exact) mass is 382 g/mol. The Morgan fingerprint density at radius 2 is 1.92 bits per heavy atom. The van der Waals surface area contributed by atoms with Gasteiger partial charge in [0.2, 0.25) is 11.7 Å². The number of carbonyl (C=O) groups excluding carboxylic acids is 1. The highest BCUT2D eigenvalue weighted by Crippen LogP contribution is 2.28. The molecule has 0 aliphatic heterocycles. The number of carbonyl (C=O) groups is 1. The minimum absolute atomic E-state index is 0.223. The van der Waals surface area contributed by atoms with Crippen molar-refractivity contribution in [1.82, 2.24) is 20.1 Å². The Kier molecular flexibility index (Phi) is 5.31. The molecule has 3 rings (SSSR count). The van der Waals surface area contributed by atoms with Crippen molar-refractivity contribution in [3.8, 4) is 17.3 Å². The van der Waals surface area contributed by atoms with Crippen molar-refractivity contribution in [2.24, 2.45) is 0 Å². The van der Waals surface area contributed by atoms with E-state index in [4.69, 9.17) is 4.42 Å². The van der Waals surface area contributed by atoms with Gasteiger partial charge in [-0.15, -0.1) is 10.2 Å². The molecule has 6 nitrogen and oxygen atoms in total. The first-order valence-electron chi connectivity index (χ1n) is 7.45. The fourth-order valence-electron chi connectivity index (χ4n) is 2.12. The number of hydrogen-bond acceptors (Lipinski definition) is 5. The molecule has 0 atom stereocenters. The zero-order chi connectivity index (χ0) is 18.6. The van der Waals surface area contributed by atoms with E-state index in [0.717, 1.165) is 17.4 Å². The number of nitrogens with zero attached hydrogens (tertiary/aromatic N) is 3. The zero-order valence-electron chi connectivity index (χ0n) is 13.2. The second kappa shape index (κ2) is 7.65. The summed E-state index contributed by atoms with van der Waals surface area (Å²) in [6.07, 6.45) is -2.95. The molecule has 1 amide bonds. The summed E-state index contributed by atoms with van der Waals surface area (Å²) < 4.78 is 43.5. The Morgan fingerprint density at radius 1 is 1.15 bits per heavy atom. The molecule has 10 heteroatoms. The number of amides is 1. The number of thioether (sulfide) groups is 1. The van der Waals surface area contributed by atoms with E-state index in [9.17, 15) is 18.0 Å². The van der Waals surface area contributed by atoms with Crippen LogP contribution in [0.4, 0.5) is 13.2 Å². The van der Waals surface area contributed by atoms with Gasteiger partial charge in [-0.05, 0) is 24.3 Å². The number of para-hydroxylation sites is 1. The lowest BCUT2D eigenvalue weighted by Gasteiger charge is -2.10. The molecule has 26 heavy (non-hydrogen) atoms. The average molecular weight is 382 g/mol. The lowest BCUT2D eigenvalue weighted by Crippen LogP contribution is -2.34. The van der Waals surface area contributed by atoms with E-state index in [2.05, 4.69) is 10.2 Å². The molecule has 2 aromatic heterocycles. The zero-order valence-corrected chi connectivity index (χ0v) is 14.0. The van der Waals surface area contributed by atoms with Gasteiger partial charge in [-0.2, -0.15) is 13.2 Å². The van der Waals surface area contributed by atoms with Crippen LogP contribution in [0, 0.1) is 0 Å². The summed E-state index contributed by atoms with van der Waals surface area (Å²) in [5.74, 6) is -0.0530. The van der Waals surface area contributed by atoms with Gasteiger partial charge in [0.15, 0.2) is 10.9 Å². The number of aromatic nitrogens is 3. The number of halogens is 3. The highest BCUT2D eigenvalue weighted by molar-refractivity contribution is 7.99. The van der Waals surface area contributed by atoms with Gasteiger partial charge in [0, 0.05) is 5.69 Å². The first-order chi connectivity index (χ1) is 12.4. The van der Waals surface area contributed by atoms with E-state index in [-0.39, 0.29) is 5.75 Å². The van der Waals surface area contributed by atoms with Gasteiger partial charge in [-0.25, -0.2) is 0 Å². The SMILES string of the molecule is O=C(CSc1nnc(-c2ccco2)n1-c1ccccc1)NCC(F)(F)F. The van der Waals surface area contributed by atoms with Crippen LogP contribution in [-0.4, -0.2) is 39.1 Å². The molecule has 0 unspecified atom stereocenters. The quantitative estimate of drug-likeness (QED) is 0.663. The van der Waals surface area contributed by atoms with Gasteiger partial charge in [0.1, 0.15) is 6.54 Å². The second-order valence-electron chi connectivity index (χ2n) is 5.14. The average Bonchev–Trinajstić information content (AvgIpc) is 3.27. The summed E-state index contributed by atoms with van der Waals surface area (Å²) in [4.78, 5) is 11.6. The van der Waals surface area contributed by atoms with E-state index < -0.39 is 18.6 Å². The lowest BCUT2D eigenvalue weighted by atomic mass is 10.3. The van der Waals surface area contributed by atoms with Crippen molar-refractivity contribution in [2.45, 2.75) is 11.3 Å². The fourth-order valence-corrected chi connectivity index (χ4v) is 2.90. The minimum atomic E-state index is -4.45. The van der Waals surface area contributed by atoms with E-state index >= 15 is 0 Å². The van der Waals surface area contributed by atoms with Gasteiger partial charge < -0.3 is 9.73 Å². The largest absolute Gasteiger partial charge is 0.461 e. The maximum atomic E-state index is 12.2. The molecule has 0 saturated heterocycles. The highest BCUT2D eigenvalue weighted by Gasteiger charge is 2.28. The molecule has 136 valence electrons. The Hall–Kier alpha value is -2.75. The Morgan fingerprint density at radius 3 is 2.58 bits per heavy atom. The molecular formula is C16H13F3N4O2S. The molecule has 0 saturated carbocycles. The third-order valence-corrected chi connectivity index (χ3v) is 4.14.